The zero-order valence-corrected chi connectivity index (χ0v) is 16.6. The van der Waals surface area contributed by atoms with E-state index in [4.69, 9.17) is 10.5 Å². The predicted molar refractivity (Wildman–Crippen MR) is 111 cm³/mol. The van der Waals surface area contributed by atoms with Crippen LogP contribution in [-0.2, 0) is 4.74 Å². The minimum atomic E-state index is -0.487. The fraction of sp³-hybridized carbons (Fsp3) is 0.364. The second-order valence-electron chi connectivity index (χ2n) is 7.92. The molecular formula is C22H27N3O3. The Balaban J connectivity index is 1.62. The number of hydrogen-bond donors (Lipinski definition) is 1. The van der Waals surface area contributed by atoms with Gasteiger partial charge in [0.1, 0.15) is 5.60 Å². The Labute approximate surface area is 165 Å². The summed E-state index contributed by atoms with van der Waals surface area (Å²) in [6.45, 7) is 8.26. The van der Waals surface area contributed by atoms with Crippen molar-refractivity contribution in [3.8, 4) is 0 Å². The maximum Gasteiger partial charge on any atom is 0.410 e. The summed E-state index contributed by atoms with van der Waals surface area (Å²) in [5.74, 6) is -0.0839. The van der Waals surface area contributed by atoms with Gasteiger partial charge in [-0.05, 0) is 57.2 Å². The maximum atomic E-state index is 12.6. The van der Waals surface area contributed by atoms with Gasteiger partial charge in [0.15, 0.2) is 5.78 Å². The average molecular weight is 381 g/mol. The van der Waals surface area contributed by atoms with E-state index in [2.05, 4.69) is 4.90 Å². The van der Waals surface area contributed by atoms with Crippen molar-refractivity contribution in [2.24, 2.45) is 0 Å². The van der Waals surface area contributed by atoms with Crippen LogP contribution in [0, 0.1) is 0 Å². The first-order valence-corrected chi connectivity index (χ1v) is 9.47. The van der Waals surface area contributed by atoms with E-state index >= 15 is 0 Å². The van der Waals surface area contributed by atoms with E-state index < -0.39 is 5.60 Å². The summed E-state index contributed by atoms with van der Waals surface area (Å²) in [7, 11) is 0. The third-order valence-corrected chi connectivity index (χ3v) is 4.63. The van der Waals surface area contributed by atoms with Crippen LogP contribution in [0.5, 0.6) is 0 Å². The van der Waals surface area contributed by atoms with E-state index in [1.54, 1.807) is 17.0 Å². The number of nitrogen functional groups attached to an aromatic ring is 1. The summed E-state index contributed by atoms with van der Waals surface area (Å²) in [5.41, 5.74) is 8.05. The molecule has 3 rings (SSSR count). The molecule has 1 aliphatic rings. The van der Waals surface area contributed by atoms with Gasteiger partial charge in [-0.25, -0.2) is 4.79 Å². The van der Waals surface area contributed by atoms with Gasteiger partial charge in [-0.3, -0.25) is 4.79 Å². The maximum absolute atomic E-state index is 12.6. The van der Waals surface area contributed by atoms with E-state index in [0.717, 1.165) is 18.8 Å². The summed E-state index contributed by atoms with van der Waals surface area (Å²) in [6.07, 6.45) is -0.270. The molecule has 6 heteroatoms. The van der Waals surface area contributed by atoms with Crippen molar-refractivity contribution in [2.45, 2.75) is 26.4 Å². The number of benzene rings is 2. The molecule has 28 heavy (non-hydrogen) atoms. The molecule has 2 aromatic carbocycles. The van der Waals surface area contributed by atoms with Gasteiger partial charge in [-0.2, -0.15) is 0 Å². The van der Waals surface area contributed by atoms with Gasteiger partial charge in [-0.15, -0.1) is 0 Å². The third-order valence-electron chi connectivity index (χ3n) is 4.63. The van der Waals surface area contributed by atoms with Crippen molar-refractivity contribution in [3.05, 3.63) is 59.7 Å². The monoisotopic (exact) mass is 381 g/mol. The van der Waals surface area contributed by atoms with Crippen molar-refractivity contribution in [1.82, 2.24) is 4.90 Å². The van der Waals surface area contributed by atoms with Crippen LogP contribution in [0.15, 0.2) is 48.5 Å². The van der Waals surface area contributed by atoms with Crippen molar-refractivity contribution in [3.63, 3.8) is 0 Å². The predicted octanol–water partition coefficient (Wildman–Crippen LogP) is 3.56. The van der Waals surface area contributed by atoms with E-state index in [-0.39, 0.29) is 11.9 Å². The molecule has 2 N–H and O–H groups in total. The van der Waals surface area contributed by atoms with Gasteiger partial charge in [0, 0.05) is 48.7 Å². The Kier molecular flexibility index (Phi) is 5.58. The molecule has 0 bridgehead atoms. The lowest BCUT2D eigenvalue weighted by Crippen LogP contribution is -2.50. The Hall–Kier alpha value is -3.02. The highest BCUT2D eigenvalue weighted by Gasteiger charge is 2.26. The zero-order chi connectivity index (χ0) is 20.3. The first-order valence-electron chi connectivity index (χ1n) is 9.47. The molecule has 1 saturated heterocycles. The average Bonchev–Trinajstić information content (AvgIpc) is 2.67. The Morgan fingerprint density at radius 3 is 2.11 bits per heavy atom. The lowest BCUT2D eigenvalue weighted by Gasteiger charge is -2.36. The van der Waals surface area contributed by atoms with Crippen LogP contribution < -0.4 is 10.6 Å². The van der Waals surface area contributed by atoms with E-state index in [9.17, 15) is 9.59 Å². The van der Waals surface area contributed by atoms with Gasteiger partial charge < -0.3 is 20.3 Å². The first-order chi connectivity index (χ1) is 13.2. The number of amides is 1. The summed E-state index contributed by atoms with van der Waals surface area (Å²) < 4.78 is 5.43. The van der Waals surface area contributed by atoms with Crippen molar-refractivity contribution in [2.75, 3.05) is 36.8 Å². The van der Waals surface area contributed by atoms with Gasteiger partial charge in [-0.1, -0.05) is 12.1 Å². The van der Waals surface area contributed by atoms with Crippen molar-refractivity contribution in [1.29, 1.82) is 0 Å². The summed E-state index contributed by atoms with van der Waals surface area (Å²) in [4.78, 5) is 28.7. The fourth-order valence-electron chi connectivity index (χ4n) is 3.16. The molecule has 0 saturated carbocycles. The molecule has 0 atom stereocenters. The number of nitrogens with two attached hydrogens (primary N) is 1. The Bertz CT molecular complexity index is 848. The molecule has 0 unspecified atom stereocenters. The molecule has 0 radical (unpaired) electrons. The highest BCUT2D eigenvalue weighted by molar-refractivity contribution is 6.12. The molecule has 1 amide bonds. The van der Waals surface area contributed by atoms with Crippen molar-refractivity contribution >= 4 is 23.3 Å². The normalized spacial score (nSPS) is 14.7. The number of hydrogen-bond acceptors (Lipinski definition) is 5. The van der Waals surface area contributed by atoms with Crippen LogP contribution >= 0.6 is 0 Å². The lowest BCUT2D eigenvalue weighted by molar-refractivity contribution is 0.0240. The van der Waals surface area contributed by atoms with Crippen LogP contribution in [0.25, 0.3) is 0 Å². The number of nitrogens with zero attached hydrogens (tertiary/aromatic N) is 2. The molecule has 0 spiro atoms. The van der Waals surface area contributed by atoms with Crippen LogP contribution in [0.3, 0.4) is 0 Å². The number of rotatable bonds is 3. The van der Waals surface area contributed by atoms with Gasteiger partial charge in [0.2, 0.25) is 0 Å². The lowest BCUT2D eigenvalue weighted by atomic mass is 10.0. The molecule has 1 heterocycles. The first kappa shape index (κ1) is 19.7. The number of ketones is 1. The zero-order valence-electron chi connectivity index (χ0n) is 16.6. The molecule has 0 aliphatic carbocycles. The van der Waals surface area contributed by atoms with Crippen LogP contribution in [0.2, 0.25) is 0 Å². The fourth-order valence-corrected chi connectivity index (χ4v) is 3.16. The standard InChI is InChI=1S/C22H27N3O3/c1-22(2,3)28-21(27)25-14-12-24(13-15-25)17-10-8-16(9-11-17)20(26)18-6-4-5-7-19(18)23/h4-11H,12-15,23H2,1-3H3. The quantitative estimate of drug-likeness (QED) is 0.650. The number of para-hydroxylation sites is 1. The molecule has 1 fully saturated rings. The summed E-state index contributed by atoms with van der Waals surface area (Å²) in [6, 6.07) is 14.6. The smallest absolute Gasteiger partial charge is 0.410 e. The van der Waals surface area contributed by atoms with E-state index in [1.165, 1.54) is 0 Å². The largest absolute Gasteiger partial charge is 0.444 e. The molecule has 1 aliphatic heterocycles. The molecule has 2 aromatic rings. The number of ether oxygens (including phenoxy) is 1. The number of anilines is 2. The number of piperazine rings is 1. The summed E-state index contributed by atoms with van der Waals surface area (Å²) >= 11 is 0. The van der Waals surface area contributed by atoms with Crippen molar-refractivity contribution < 1.29 is 14.3 Å². The highest BCUT2D eigenvalue weighted by atomic mass is 16.6. The molecule has 6 nitrogen and oxygen atoms in total. The van der Waals surface area contributed by atoms with Crippen LogP contribution in [-0.4, -0.2) is 48.6 Å². The minimum absolute atomic E-state index is 0.0839. The minimum Gasteiger partial charge on any atom is -0.444 e. The van der Waals surface area contributed by atoms with E-state index in [1.807, 2.05) is 57.2 Å². The van der Waals surface area contributed by atoms with E-state index in [0.29, 0.717) is 29.9 Å². The summed E-state index contributed by atoms with van der Waals surface area (Å²) in [5, 5.41) is 0. The third kappa shape index (κ3) is 4.63. The molecule has 148 valence electrons. The molecule has 0 aromatic heterocycles. The van der Waals surface area contributed by atoms with Crippen LogP contribution in [0.4, 0.5) is 16.2 Å². The Morgan fingerprint density at radius 1 is 0.929 bits per heavy atom. The SMILES string of the molecule is CC(C)(C)OC(=O)N1CCN(c2ccc(C(=O)c3ccccc3N)cc2)CC1. The highest BCUT2D eigenvalue weighted by Crippen LogP contribution is 2.21. The van der Waals surface area contributed by atoms with Gasteiger partial charge in [0.05, 0.1) is 0 Å². The topological polar surface area (TPSA) is 75.9 Å². The second-order valence-corrected chi connectivity index (χ2v) is 7.92. The second kappa shape index (κ2) is 7.92. The number of carbonyl (C=O) groups excluding carboxylic acids is 2. The molecular weight excluding hydrogens is 354 g/mol. The number of carbonyl (C=O) groups is 2. The van der Waals surface area contributed by atoms with Gasteiger partial charge in [0.25, 0.3) is 0 Å². The van der Waals surface area contributed by atoms with Crippen LogP contribution in [0.1, 0.15) is 36.7 Å². The van der Waals surface area contributed by atoms with Gasteiger partial charge >= 0.3 is 6.09 Å². The Morgan fingerprint density at radius 2 is 1.54 bits per heavy atom.